The fourth-order valence-corrected chi connectivity index (χ4v) is 5.31. The Kier molecular flexibility index (Phi) is 5.08. The highest BCUT2D eigenvalue weighted by Crippen LogP contribution is 2.49. The third-order valence-corrected chi connectivity index (χ3v) is 6.41. The number of hydrogen-bond donors (Lipinski definition) is 2. The van der Waals surface area contributed by atoms with Crippen molar-refractivity contribution in [2.75, 3.05) is 26.0 Å². The third-order valence-electron chi connectivity index (χ3n) is 5.09. The van der Waals surface area contributed by atoms with Crippen molar-refractivity contribution in [3.05, 3.63) is 11.3 Å². The van der Waals surface area contributed by atoms with E-state index in [0.29, 0.717) is 17.7 Å². The number of nitrogens with zero attached hydrogens (tertiary/aromatic N) is 2. The molecule has 0 aromatic carbocycles. The average molecular weight is 399 g/mol. The first kappa shape index (κ1) is 19.5. The molecule has 0 spiro atoms. The van der Waals surface area contributed by atoms with Gasteiger partial charge in [-0.15, -0.1) is 11.8 Å². The third kappa shape index (κ3) is 2.85. The number of β-lactam (4-membered cyclic amide) rings is 1. The zero-order valence-corrected chi connectivity index (χ0v) is 15.8. The Morgan fingerprint density at radius 3 is 2.67 bits per heavy atom. The molecule has 0 aromatic heterocycles. The second-order valence-electron chi connectivity index (χ2n) is 6.56. The number of thioether (sulfide) groups is 1. The van der Waals surface area contributed by atoms with Crippen molar-refractivity contribution in [1.29, 1.82) is 0 Å². The number of hydrogen-bond acceptors (Lipinski definition) is 7. The van der Waals surface area contributed by atoms with E-state index >= 15 is 0 Å². The van der Waals surface area contributed by atoms with E-state index in [0.717, 1.165) is 4.90 Å². The van der Waals surface area contributed by atoms with Crippen molar-refractivity contribution in [2.24, 2.45) is 5.73 Å². The average Bonchev–Trinajstić information content (AvgIpc) is 3.05. The molecule has 3 aliphatic heterocycles. The van der Waals surface area contributed by atoms with Gasteiger partial charge in [-0.2, -0.15) is 0 Å². The van der Waals surface area contributed by atoms with Crippen molar-refractivity contribution in [3.63, 3.8) is 0 Å². The highest BCUT2D eigenvalue weighted by molar-refractivity contribution is 8.00. The lowest BCUT2D eigenvalue weighted by molar-refractivity contribution is -0.162. The van der Waals surface area contributed by atoms with E-state index < -0.39 is 35.0 Å². The van der Waals surface area contributed by atoms with Crippen LogP contribution in [-0.4, -0.2) is 81.8 Å². The van der Waals surface area contributed by atoms with Gasteiger partial charge in [-0.1, -0.05) is 0 Å². The fourth-order valence-electron chi connectivity index (χ4n) is 3.96. The van der Waals surface area contributed by atoms with E-state index in [9.17, 15) is 24.3 Å². The molecule has 0 aliphatic carbocycles. The van der Waals surface area contributed by atoms with Crippen LogP contribution in [0.25, 0.3) is 0 Å². The molecule has 3 heterocycles. The van der Waals surface area contributed by atoms with Gasteiger partial charge >= 0.3 is 18.0 Å². The van der Waals surface area contributed by atoms with Crippen LogP contribution in [0.3, 0.4) is 0 Å². The molecule has 148 valence electrons. The van der Waals surface area contributed by atoms with Crippen molar-refractivity contribution in [1.82, 2.24) is 9.80 Å². The molecule has 3 rings (SSSR count). The van der Waals surface area contributed by atoms with E-state index in [2.05, 4.69) is 0 Å². The molecule has 3 amide bonds. The molecule has 3 aliphatic rings. The molecule has 10 nitrogen and oxygen atoms in total. The van der Waals surface area contributed by atoms with Gasteiger partial charge in [0.05, 0.1) is 5.70 Å². The summed E-state index contributed by atoms with van der Waals surface area (Å²) in [5, 5.41) is 9.70. The van der Waals surface area contributed by atoms with E-state index in [-0.39, 0.29) is 31.2 Å². The second kappa shape index (κ2) is 7.04. The lowest BCUT2D eigenvalue weighted by Crippen LogP contribution is -2.70. The van der Waals surface area contributed by atoms with Gasteiger partial charge in [0.1, 0.15) is 12.0 Å². The number of fused-ring (bicyclic) bond motifs is 1. The van der Waals surface area contributed by atoms with Crippen LogP contribution in [0.1, 0.15) is 19.8 Å². The van der Waals surface area contributed by atoms with E-state index in [1.54, 1.807) is 0 Å². The fraction of sp³-hybridized carbons (Fsp3) is 0.625. The Morgan fingerprint density at radius 2 is 2.11 bits per heavy atom. The van der Waals surface area contributed by atoms with Gasteiger partial charge in [0.15, 0.2) is 11.6 Å². The number of ether oxygens (including phenoxy) is 2. The first-order valence-electron chi connectivity index (χ1n) is 8.39. The number of nitrogens with two attached hydrogens (primary N) is 1. The molecule has 0 saturated carbocycles. The van der Waals surface area contributed by atoms with E-state index in [1.165, 1.54) is 30.7 Å². The van der Waals surface area contributed by atoms with Crippen molar-refractivity contribution in [2.45, 2.75) is 36.8 Å². The maximum Gasteiger partial charge on any atom is 0.335 e. The summed E-state index contributed by atoms with van der Waals surface area (Å²) in [6, 6.07) is -0.875. The van der Waals surface area contributed by atoms with Gasteiger partial charge in [-0.25, -0.2) is 9.59 Å². The number of rotatable bonds is 5. The van der Waals surface area contributed by atoms with Gasteiger partial charge in [-0.3, -0.25) is 14.5 Å². The van der Waals surface area contributed by atoms with Crippen LogP contribution in [0.4, 0.5) is 4.79 Å². The van der Waals surface area contributed by atoms with Gasteiger partial charge < -0.3 is 25.2 Å². The van der Waals surface area contributed by atoms with Gasteiger partial charge in [0.2, 0.25) is 0 Å². The summed E-state index contributed by atoms with van der Waals surface area (Å²) in [6.07, 6.45) is -0.148. The molecule has 3 N–H and O–H groups in total. The molecule has 2 fully saturated rings. The van der Waals surface area contributed by atoms with E-state index in [1.807, 2.05) is 0 Å². The van der Waals surface area contributed by atoms with Crippen LogP contribution >= 0.6 is 11.8 Å². The quantitative estimate of drug-likeness (QED) is 0.476. The number of amides is 3. The molecular weight excluding hydrogens is 378 g/mol. The number of methoxy groups -OCH3 is 1. The maximum absolute atomic E-state index is 12.6. The van der Waals surface area contributed by atoms with Crippen LogP contribution in [0, 0.1) is 0 Å². The minimum absolute atomic E-state index is 0.114. The summed E-state index contributed by atoms with van der Waals surface area (Å²) >= 11 is 1.40. The number of carboxylic acids is 1. The first-order valence-corrected chi connectivity index (χ1v) is 9.44. The van der Waals surface area contributed by atoms with Crippen LogP contribution in [0.5, 0.6) is 0 Å². The molecule has 27 heavy (non-hydrogen) atoms. The molecule has 3 atom stereocenters. The predicted octanol–water partition coefficient (Wildman–Crippen LogP) is -0.268. The number of carbonyl (C=O) groups excluding carboxylic acids is 3. The maximum atomic E-state index is 12.6. The standard InChI is InChI=1S/C16H21N3O7S/c1-8(20)26-6-9-7-27-13-10(25-2)12(21)19(13)11(9)16(14(22)23)4-3-5-18(16)15(17)24/h10,13H,3-7H2,1-2H3,(H2,17,24)(H,22,23)/t10-,13?,16-/m0/s1. The highest BCUT2D eigenvalue weighted by Gasteiger charge is 2.62. The van der Waals surface area contributed by atoms with Gasteiger partial charge in [0, 0.05) is 26.3 Å². The topological polar surface area (TPSA) is 139 Å². The SMILES string of the molecule is CO[C@H]1C(=O)N2C([C@]3(C(=O)O)CCCN3C(N)=O)=C(COC(C)=O)CSC12. The molecule has 0 aromatic rings. The van der Waals surface area contributed by atoms with Crippen LogP contribution in [-0.2, 0) is 23.9 Å². The molecule has 2 saturated heterocycles. The molecule has 11 heteroatoms. The van der Waals surface area contributed by atoms with Crippen molar-refractivity contribution < 1.29 is 33.8 Å². The van der Waals surface area contributed by atoms with Gasteiger partial charge in [0.25, 0.3) is 5.91 Å². The molecule has 0 bridgehead atoms. The number of primary amides is 1. The number of carbonyl (C=O) groups is 4. The minimum atomic E-state index is -1.77. The largest absolute Gasteiger partial charge is 0.479 e. The first-order chi connectivity index (χ1) is 12.8. The van der Waals surface area contributed by atoms with Crippen molar-refractivity contribution >= 4 is 35.6 Å². The summed E-state index contributed by atoms with van der Waals surface area (Å²) < 4.78 is 10.3. The smallest absolute Gasteiger partial charge is 0.335 e. The Labute approximate surface area is 159 Å². The lowest BCUT2D eigenvalue weighted by Gasteiger charge is -2.54. The zero-order valence-electron chi connectivity index (χ0n) is 15.0. The molecular formula is C16H21N3O7S. The normalized spacial score (nSPS) is 30.1. The number of likely N-dealkylation sites (tertiary alicyclic amines) is 1. The summed E-state index contributed by atoms with van der Waals surface area (Å²) in [7, 11) is 1.41. The monoisotopic (exact) mass is 399 g/mol. The number of aliphatic carboxylic acids is 1. The highest BCUT2D eigenvalue weighted by atomic mass is 32.2. The van der Waals surface area contributed by atoms with Crippen LogP contribution in [0.2, 0.25) is 0 Å². The number of esters is 1. The summed E-state index contributed by atoms with van der Waals surface area (Å²) in [5.41, 5.74) is 4.34. The van der Waals surface area contributed by atoms with Crippen LogP contribution in [0.15, 0.2) is 11.3 Å². The van der Waals surface area contributed by atoms with Gasteiger partial charge in [-0.05, 0) is 18.4 Å². The summed E-state index contributed by atoms with van der Waals surface area (Å²) in [5.74, 6) is -1.84. The number of urea groups is 1. The Bertz CT molecular complexity index is 740. The Morgan fingerprint density at radius 1 is 1.41 bits per heavy atom. The Hall–Kier alpha value is -2.27. The molecule has 0 radical (unpaired) electrons. The minimum Gasteiger partial charge on any atom is -0.479 e. The summed E-state index contributed by atoms with van der Waals surface area (Å²) in [6.45, 7) is 1.25. The lowest BCUT2D eigenvalue weighted by atomic mass is 9.85. The van der Waals surface area contributed by atoms with Crippen LogP contribution < -0.4 is 5.73 Å². The zero-order chi connectivity index (χ0) is 19.9. The summed E-state index contributed by atoms with van der Waals surface area (Å²) in [4.78, 5) is 50.7. The molecule has 1 unspecified atom stereocenters. The number of carboxylic acid groups (broad SMARTS) is 1. The Balaban J connectivity index is 2.14. The van der Waals surface area contributed by atoms with E-state index in [4.69, 9.17) is 15.2 Å². The van der Waals surface area contributed by atoms with Crippen molar-refractivity contribution in [3.8, 4) is 0 Å². The second-order valence-corrected chi connectivity index (χ2v) is 7.66. The predicted molar refractivity (Wildman–Crippen MR) is 93.4 cm³/mol.